The van der Waals surface area contributed by atoms with E-state index in [1.807, 2.05) is 42.2 Å². The Labute approximate surface area is 181 Å². The lowest BCUT2D eigenvalue weighted by Crippen LogP contribution is -2.50. The molecule has 1 aromatic heterocycles. The van der Waals surface area contributed by atoms with Gasteiger partial charge in [-0.05, 0) is 31.4 Å². The van der Waals surface area contributed by atoms with Crippen molar-refractivity contribution < 1.29 is 14.0 Å². The zero-order valence-corrected chi connectivity index (χ0v) is 17.8. The van der Waals surface area contributed by atoms with Crippen LogP contribution in [0.1, 0.15) is 34.5 Å². The molecule has 0 spiro atoms. The number of furan rings is 1. The van der Waals surface area contributed by atoms with Gasteiger partial charge in [-0.25, -0.2) is 0 Å². The van der Waals surface area contributed by atoms with Crippen molar-refractivity contribution >= 4 is 34.4 Å². The topological polar surface area (TPSA) is 53.8 Å². The highest BCUT2D eigenvalue weighted by Crippen LogP contribution is 2.31. The van der Waals surface area contributed by atoms with Gasteiger partial charge < -0.3 is 14.2 Å². The summed E-state index contributed by atoms with van der Waals surface area (Å²) in [5.74, 6) is 0.349. The first-order chi connectivity index (χ1) is 14.5. The van der Waals surface area contributed by atoms with Gasteiger partial charge in [-0.15, -0.1) is 0 Å². The summed E-state index contributed by atoms with van der Waals surface area (Å²) in [4.78, 5) is 29.1. The first kappa shape index (κ1) is 20.5. The molecule has 1 fully saturated rings. The van der Waals surface area contributed by atoms with Crippen LogP contribution in [-0.2, 0) is 11.2 Å². The summed E-state index contributed by atoms with van der Waals surface area (Å²) in [7, 11) is 0. The molecular weight excluding hydrogens is 400 g/mol. The van der Waals surface area contributed by atoms with Crippen molar-refractivity contribution in [3.63, 3.8) is 0 Å². The van der Waals surface area contributed by atoms with Crippen LogP contribution in [-0.4, -0.2) is 47.8 Å². The smallest absolute Gasteiger partial charge is 0.290 e. The maximum Gasteiger partial charge on any atom is 0.290 e. The maximum absolute atomic E-state index is 13.0. The second-order valence-corrected chi connectivity index (χ2v) is 8.09. The minimum absolute atomic E-state index is 0.143. The molecule has 5 nitrogen and oxygen atoms in total. The Morgan fingerprint density at radius 2 is 1.67 bits per heavy atom. The van der Waals surface area contributed by atoms with E-state index in [0.717, 1.165) is 23.8 Å². The van der Waals surface area contributed by atoms with Crippen molar-refractivity contribution in [2.45, 2.75) is 26.2 Å². The van der Waals surface area contributed by atoms with E-state index in [1.165, 1.54) is 5.56 Å². The second kappa shape index (κ2) is 8.92. The Bertz CT molecular complexity index is 1050. The molecule has 0 atom stereocenters. The van der Waals surface area contributed by atoms with Crippen LogP contribution in [0.3, 0.4) is 0 Å². The van der Waals surface area contributed by atoms with Gasteiger partial charge in [-0.1, -0.05) is 54.1 Å². The van der Waals surface area contributed by atoms with Crippen LogP contribution in [0.25, 0.3) is 11.0 Å². The molecule has 4 rings (SSSR count). The van der Waals surface area contributed by atoms with E-state index >= 15 is 0 Å². The number of carbonyl (C=O) groups excluding carboxylic acids is 2. The number of piperazine rings is 1. The van der Waals surface area contributed by atoms with E-state index in [9.17, 15) is 9.59 Å². The van der Waals surface area contributed by atoms with Crippen LogP contribution < -0.4 is 0 Å². The fourth-order valence-electron chi connectivity index (χ4n) is 3.96. The molecule has 30 heavy (non-hydrogen) atoms. The molecule has 0 saturated carbocycles. The van der Waals surface area contributed by atoms with Crippen molar-refractivity contribution in [3.05, 3.63) is 70.4 Å². The highest BCUT2D eigenvalue weighted by atomic mass is 35.5. The van der Waals surface area contributed by atoms with Crippen LogP contribution in [0.4, 0.5) is 0 Å². The van der Waals surface area contributed by atoms with Gasteiger partial charge in [0.05, 0.1) is 5.02 Å². The largest absolute Gasteiger partial charge is 0.449 e. The highest BCUT2D eigenvalue weighted by molar-refractivity contribution is 6.35. The van der Waals surface area contributed by atoms with Crippen molar-refractivity contribution in [3.8, 4) is 0 Å². The monoisotopic (exact) mass is 424 g/mol. The Hall–Kier alpha value is -2.79. The predicted molar refractivity (Wildman–Crippen MR) is 118 cm³/mol. The van der Waals surface area contributed by atoms with E-state index < -0.39 is 0 Å². The van der Waals surface area contributed by atoms with Gasteiger partial charge in [-0.2, -0.15) is 0 Å². The molecule has 2 aromatic carbocycles. The molecule has 156 valence electrons. The minimum atomic E-state index is -0.143. The molecule has 3 aromatic rings. The van der Waals surface area contributed by atoms with E-state index in [2.05, 4.69) is 12.1 Å². The lowest BCUT2D eigenvalue weighted by atomic mass is 10.1. The number of hydrogen-bond donors (Lipinski definition) is 0. The van der Waals surface area contributed by atoms with Gasteiger partial charge >= 0.3 is 0 Å². The lowest BCUT2D eigenvalue weighted by molar-refractivity contribution is -0.132. The summed E-state index contributed by atoms with van der Waals surface area (Å²) in [6, 6.07) is 15.7. The number of fused-ring (bicyclic) bond motifs is 1. The molecule has 0 aliphatic carbocycles. The molecule has 0 unspecified atom stereocenters. The second-order valence-electron chi connectivity index (χ2n) is 7.68. The molecule has 1 saturated heterocycles. The van der Waals surface area contributed by atoms with Gasteiger partial charge in [0.15, 0.2) is 11.3 Å². The van der Waals surface area contributed by atoms with Crippen molar-refractivity contribution in [2.24, 2.45) is 0 Å². The van der Waals surface area contributed by atoms with E-state index in [4.69, 9.17) is 16.0 Å². The molecule has 0 radical (unpaired) electrons. The third-order valence-electron chi connectivity index (χ3n) is 5.73. The Kier molecular flexibility index (Phi) is 6.09. The Morgan fingerprint density at radius 3 is 2.37 bits per heavy atom. The third-order valence-corrected chi connectivity index (χ3v) is 6.03. The molecule has 0 N–H and O–H groups in total. The number of nitrogens with zero attached hydrogens (tertiary/aromatic N) is 2. The number of rotatable bonds is 5. The Morgan fingerprint density at radius 1 is 0.967 bits per heavy atom. The average molecular weight is 425 g/mol. The first-order valence-corrected chi connectivity index (χ1v) is 10.7. The van der Waals surface area contributed by atoms with Gasteiger partial charge in [0.25, 0.3) is 5.91 Å². The fourth-order valence-corrected chi connectivity index (χ4v) is 4.18. The number of carbonyl (C=O) groups is 2. The maximum atomic E-state index is 13.0. The zero-order chi connectivity index (χ0) is 21.1. The highest BCUT2D eigenvalue weighted by Gasteiger charge is 2.28. The average Bonchev–Trinajstić information content (AvgIpc) is 3.12. The molecule has 2 heterocycles. The fraction of sp³-hybridized carbons (Fsp3) is 0.333. The number of hydrogen-bond acceptors (Lipinski definition) is 3. The standard InChI is InChI=1S/C24H25ClN2O3/c1-17-19-10-6-11-20(25)23(19)30-22(17)24(29)27-15-13-26(14-16-27)21(28)12-5-9-18-7-3-2-4-8-18/h2-4,6-8,10-11H,5,9,12-16H2,1H3. The summed E-state index contributed by atoms with van der Waals surface area (Å²) in [5, 5.41) is 1.36. The summed E-state index contributed by atoms with van der Waals surface area (Å²) in [6.45, 7) is 3.99. The van der Waals surface area contributed by atoms with E-state index in [0.29, 0.717) is 49.0 Å². The molecule has 2 amide bonds. The SMILES string of the molecule is Cc1c(C(=O)N2CCN(C(=O)CCCc3ccccc3)CC2)oc2c(Cl)cccc12. The van der Waals surface area contributed by atoms with Crippen LogP contribution >= 0.6 is 11.6 Å². The normalized spacial score (nSPS) is 14.3. The van der Waals surface area contributed by atoms with E-state index in [-0.39, 0.29) is 11.8 Å². The molecular formula is C24H25ClN2O3. The molecule has 6 heteroatoms. The number of para-hydroxylation sites is 1. The number of amides is 2. The van der Waals surface area contributed by atoms with Crippen LogP contribution in [0.15, 0.2) is 52.9 Å². The minimum Gasteiger partial charge on any atom is -0.449 e. The molecule has 1 aliphatic rings. The lowest BCUT2D eigenvalue weighted by Gasteiger charge is -2.34. The quantitative estimate of drug-likeness (QED) is 0.596. The van der Waals surface area contributed by atoms with Gasteiger partial charge in [-0.3, -0.25) is 9.59 Å². The van der Waals surface area contributed by atoms with Gasteiger partial charge in [0.2, 0.25) is 5.91 Å². The predicted octanol–water partition coefficient (Wildman–Crippen LogP) is 4.70. The van der Waals surface area contributed by atoms with Crippen molar-refractivity contribution in [2.75, 3.05) is 26.2 Å². The summed E-state index contributed by atoms with van der Waals surface area (Å²) in [5.41, 5.74) is 2.60. The third kappa shape index (κ3) is 4.21. The van der Waals surface area contributed by atoms with Crippen molar-refractivity contribution in [1.82, 2.24) is 9.80 Å². The van der Waals surface area contributed by atoms with Crippen LogP contribution in [0.5, 0.6) is 0 Å². The summed E-state index contributed by atoms with van der Waals surface area (Å²) in [6.07, 6.45) is 2.27. The molecule has 0 bridgehead atoms. The Balaban J connectivity index is 1.32. The number of benzene rings is 2. The number of halogens is 1. The van der Waals surface area contributed by atoms with Gasteiger partial charge in [0, 0.05) is 43.5 Å². The van der Waals surface area contributed by atoms with Crippen LogP contribution in [0.2, 0.25) is 5.02 Å². The van der Waals surface area contributed by atoms with Crippen molar-refractivity contribution in [1.29, 1.82) is 0 Å². The van der Waals surface area contributed by atoms with E-state index in [1.54, 1.807) is 11.0 Å². The number of aryl methyl sites for hydroxylation is 2. The summed E-state index contributed by atoms with van der Waals surface area (Å²) >= 11 is 6.20. The summed E-state index contributed by atoms with van der Waals surface area (Å²) < 4.78 is 5.81. The van der Waals surface area contributed by atoms with Crippen LogP contribution in [0, 0.1) is 6.92 Å². The van der Waals surface area contributed by atoms with Gasteiger partial charge in [0.1, 0.15) is 0 Å². The molecule has 1 aliphatic heterocycles. The first-order valence-electron chi connectivity index (χ1n) is 10.3. The zero-order valence-electron chi connectivity index (χ0n) is 17.1.